The molecule has 4 heteroatoms. The minimum atomic E-state index is -0.803. The summed E-state index contributed by atoms with van der Waals surface area (Å²) in [6.45, 7) is 2.38. The summed E-state index contributed by atoms with van der Waals surface area (Å²) < 4.78 is 0. The molecule has 1 aliphatic heterocycles. The van der Waals surface area contributed by atoms with E-state index in [-0.39, 0.29) is 11.9 Å². The Bertz CT molecular complexity index is 740. The third-order valence-electron chi connectivity index (χ3n) is 4.83. The first-order valence-corrected chi connectivity index (χ1v) is 8.06. The fourth-order valence-electron chi connectivity index (χ4n) is 3.41. The van der Waals surface area contributed by atoms with E-state index >= 15 is 0 Å². The number of likely N-dealkylation sites (tertiary alicyclic amines) is 1. The SMILES string of the molecule is CC1C(C(=O)O)CCN1C(=O)CCc1ccc2ccccc2c1. The standard InChI is InChI=1S/C19H21NO3/c1-13-17(19(22)23)10-11-20(13)18(21)9-7-14-6-8-15-4-2-3-5-16(15)12-14/h2-6,8,12-13,17H,7,9-11H2,1H3,(H,22,23). The van der Waals surface area contributed by atoms with Gasteiger partial charge in [0.15, 0.2) is 0 Å². The van der Waals surface area contributed by atoms with Gasteiger partial charge in [-0.05, 0) is 36.1 Å². The number of rotatable bonds is 4. The molecule has 2 unspecified atom stereocenters. The van der Waals surface area contributed by atoms with E-state index in [9.17, 15) is 9.59 Å². The van der Waals surface area contributed by atoms with Crippen LogP contribution in [0.4, 0.5) is 0 Å². The van der Waals surface area contributed by atoms with Gasteiger partial charge in [0, 0.05) is 19.0 Å². The van der Waals surface area contributed by atoms with Crippen LogP contribution in [0.3, 0.4) is 0 Å². The van der Waals surface area contributed by atoms with Gasteiger partial charge < -0.3 is 10.0 Å². The van der Waals surface area contributed by atoms with Crippen molar-refractivity contribution in [2.75, 3.05) is 6.54 Å². The molecule has 2 atom stereocenters. The van der Waals surface area contributed by atoms with E-state index in [0.29, 0.717) is 25.8 Å². The minimum absolute atomic E-state index is 0.0504. The summed E-state index contributed by atoms with van der Waals surface area (Å²) in [5.74, 6) is -1.18. The van der Waals surface area contributed by atoms with Gasteiger partial charge in [0.05, 0.1) is 5.92 Å². The van der Waals surface area contributed by atoms with Gasteiger partial charge in [-0.25, -0.2) is 0 Å². The Hall–Kier alpha value is -2.36. The van der Waals surface area contributed by atoms with Crippen LogP contribution in [0.1, 0.15) is 25.3 Å². The molecule has 1 N–H and O–H groups in total. The number of fused-ring (bicyclic) bond motifs is 1. The van der Waals surface area contributed by atoms with E-state index in [0.717, 1.165) is 5.56 Å². The molecule has 1 amide bonds. The van der Waals surface area contributed by atoms with Crippen molar-refractivity contribution in [3.63, 3.8) is 0 Å². The predicted molar refractivity (Wildman–Crippen MR) is 89.2 cm³/mol. The van der Waals surface area contributed by atoms with Gasteiger partial charge in [-0.3, -0.25) is 9.59 Å². The number of hydrogen-bond acceptors (Lipinski definition) is 2. The zero-order chi connectivity index (χ0) is 16.4. The van der Waals surface area contributed by atoms with Crippen molar-refractivity contribution in [3.05, 3.63) is 48.0 Å². The average molecular weight is 311 g/mol. The van der Waals surface area contributed by atoms with E-state index in [4.69, 9.17) is 5.11 Å². The van der Waals surface area contributed by atoms with Crippen LogP contribution in [0, 0.1) is 5.92 Å². The van der Waals surface area contributed by atoms with E-state index in [1.165, 1.54) is 10.8 Å². The van der Waals surface area contributed by atoms with Crippen LogP contribution in [0.25, 0.3) is 10.8 Å². The number of benzene rings is 2. The lowest BCUT2D eigenvalue weighted by atomic mass is 10.0. The summed E-state index contributed by atoms with van der Waals surface area (Å²) in [6.07, 6.45) is 1.66. The van der Waals surface area contributed by atoms with Crippen molar-refractivity contribution in [2.24, 2.45) is 5.92 Å². The molecule has 1 heterocycles. The molecule has 3 rings (SSSR count). The summed E-state index contributed by atoms with van der Waals surface area (Å²) >= 11 is 0. The largest absolute Gasteiger partial charge is 0.481 e. The highest BCUT2D eigenvalue weighted by atomic mass is 16.4. The number of aryl methyl sites for hydroxylation is 1. The molecule has 1 saturated heterocycles. The monoisotopic (exact) mass is 311 g/mol. The van der Waals surface area contributed by atoms with Gasteiger partial charge in [0.25, 0.3) is 0 Å². The zero-order valence-electron chi connectivity index (χ0n) is 13.2. The zero-order valence-corrected chi connectivity index (χ0v) is 13.2. The molecule has 0 saturated carbocycles. The molecule has 0 aliphatic carbocycles. The van der Waals surface area contributed by atoms with Gasteiger partial charge in [0.1, 0.15) is 0 Å². The van der Waals surface area contributed by atoms with Crippen molar-refractivity contribution >= 4 is 22.6 Å². The van der Waals surface area contributed by atoms with Crippen molar-refractivity contribution < 1.29 is 14.7 Å². The molecule has 1 fully saturated rings. The van der Waals surface area contributed by atoms with Crippen LogP contribution in [0.15, 0.2) is 42.5 Å². The average Bonchev–Trinajstić information content (AvgIpc) is 2.94. The van der Waals surface area contributed by atoms with Crippen molar-refractivity contribution in [3.8, 4) is 0 Å². The first-order valence-electron chi connectivity index (χ1n) is 8.06. The number of hydrogen-bond donors (Lipinski definition) is 1. The Labute approximate surface area is 135 Å². The second-order valence-corrected chi connectivity index (χ2v) is 6.24. The molecule has 0 bridgehead atoms. The number of carbonyl (C=O) groups excluding carboxylic acids is 1. The minimum Gasteiger partial charge on any atom is -0.481 e. The van der Waals surface area contributed by atoms with Crippen LogP contribution in [0.2, 0.25) is 0 Å². The lowest BCUT2D eigenvalue weighted by molar-refractivity contribution is -0.143. The number of carboxylic acids is 1. The Morgan fingerprint density at radius 3 is 2.61 bits per heavy atom. The second-order valence-electron chi connectivity index (χ2n) is 6.24. The third-order valence-corrected chi connectivity index (χ3v) is 4.83. The molecule has 1 aliphatic rings. The van der Waals surface area contributed by atoms with Gasteiger partial charge in [-0.15, -0.1) is 0 Å². The highest BCUT2D eigenvalue weighted by Crippen LogP contribution is 2.25. The summed E-state index contributed by atoms with van der Waals surface area (Å²) in [5, 5.41) is 11.5. The molecule has 0 aromatic heterocycles. The smallest absolute Gasteiger partial charge is 0.308 e. The quantitative estimate of drug-likeness (QED) is 0.944. The summed E-state index contributed by atoms with van der Waals surface area (Å²) in [7, 11) is 0. The van der Waals surface area contributed by atoms with E-state index in [1.54, 1.807) is 4.90 Å². The van der Waals surface area contributed by atoms with Crippen LogP contribution < -0.4 is 0 Å². The predicted octanol–water partition coefficient (Wildman–Crippen LogP) is 3.09. The fraction of sp³-hybridized carbons (Fsp3) is 0.368. The maximum Gasteiger partial charge on any atom is 0.308 e. The van der Waals surface area contributed by atoms with Crippen molar-refractivity contribution in [1.29, 1.82) is 0 Å². The van der Waals surface area contributed by atoms with Gasteiger partial charge in [0.2, 0.25) is 5.91 Å². The maximum atomic E-state index is 12.4. The van der Waals surface area contributed by atoms with Gasteiger partial charge in [-0.2, -0.15) is 0 Å². The number of amides is 1. The molecular formula is C19H21NO3. The number of carbonyl (C=O) groups is 2. The first kappa shape index (κ1) is 15.5. The van der Waals surface area contributed by atoms with E-state index in [2.05, 4.69) is 30.3 Å². The van der Waals surface area contributed by atoms with Crippen LogP contribution in [-0.2, 0) is 16.0 Å². The topological polar surface area (TPSA) is 57.6 Å². The molecule has 120 valence electrons. The van der Waals surface area contributed by atoms with Crippen LogP contribution in [0.5, 0.6) is 0 Å². The van der Waals surface area contributed by atoms with Crippen molar-refractivity contribution in [2.45, 2.75) is 32.2 Å². The Kier molecular flexibility index (Phi) is 4.33. The van der Waals surface area contributed by atoms with Crippen LogP contribution >= 0.6 is 0 Å². The molecule has 2 aromatic rings. The molecule has 4 nitrogen and oxygen atoms in total. The lowest BCUT2D eigenvalue weighted by Crippen LogP contribution is -2.37. The van der Waals surface area contributed by atoms with Crippen molar-refractivity contribution in [1.82, 2.24) is 4.90 Å². The molecule has 2 aromatic carbocycles. The van der Waals surface area contributed by atoms with E-state index in [1.807, 2.05) is 19.1 Å². The normalized spacial score (nSPS) is 20.8. The Morgan fingerprint density at radius 2 is 1.91 bits per heavy atom. The van der Waals surface area contributed by atoms with Crippen LogP contribution in [-0.4, -0.2) is 34.5 Å². The molecule has 0 radical (unpaired) electrons. The molecular weight excluding hydrogens is 290 g/mol. The van der Waals surface area contributed by atoms with Gasteiger partial charge in [-0.1, -0.05) is 42.5 Å². The number of aliphatic carboxylic acids is 1. The second kappa shape index (κ2) is 6.41. The fourth-order valence-corrected chi connectivity index (χ4v) is 3.41. The van der Waals surface area contributed by atoms with Gasteiger partial charge >= 0.3 is 5.97 Å². The summed E-state index contributed by atoms with van der Waals surface area (Å²) in [6, 6.07) is 14.2. The summed E-state index contributed by atoms with van der Waals surface area (Å²) in [5.41, 5.74) is 1.14. The number of nitrogens with zero attached hydrogens (tertiary/aromatic N) is 1. The number of carboxylic acid groups (broad SMARTS) is 1. The molecule has 23 heavy (non-hydrogen) atoms. The third kappa shape index (κ3) is 3.21. The first-order chi connectivity index (χ1) is 11.1. The summed E-state index contributed by atoms with van der Waals surface area (Å²) in [4.78, 5) is 25.3. The van der Waals surface area contributed by atoms with E-state index < -0.39 is 11.9 Å². The maximum absolute atomic E-state index is 12.4. The highest BCUT2D eigenvalue weighted by Gasteiger charge is 2.37. The highest BCUT2D eigenvalue weighted by molar-refractivity contribution is 5.83. The lowest BCUT2D eigenvalue weighted by Gasteiger charge is -2.23. The Balaban J connectivity index is 1.63. The molecule has 0 spiro atoms. The Morgan fingerprint density at radius 1 is 1.17 bits per heavy atom.